The zero-order chi connectivity index (χ0) is 14.2. The molecule has 0 fully saturated rings. The molecule has 0 aliphatic heterocycles. The van der Waals surface area contributed by atoms with Gasteiger partial charge in [0.15, 0.2) is 9.84 Å². The minimum Gasteiger partial charge on any atom is -0.399 e. The van der Waals surface area contributed by atoms with Crippen LogP contribution in [0.3, 0.4) is 0 Å². The molecule has 0 aliphatic rings. The van der Waals surface area contributed by atoms with Gasteiger partial charge in [0.25, 0.3) is 0 Å². The van der Waals surface area contributed by atoms with Gasteiger partial charge in [0.2, 0.25) is 0 Å². The van der Waals surface area contributed by atoms with E-state index in [-0.39, 0.29) is 5.75 Å². The highest BCUT2D eigenvalue weighted by molar-refractivity contribution is 7.90. The molecule has 2 rings (SSSR count). The summed E-state index contributed by atoms with van der Waals surface area (Å²) in [7, 11) is -3.37. The second kappa shape index (κ2) is 4.94. The van der Waals surface area contributed by atoms with E-state index in [4.69, 9.17) is 5.73 Å². The monoisotopic (exact) mass is 296 g/mol. The molecule has 2 aromatic rings. The van der Waals surface area contributed by atoms with Gasteiger partial charge in [0.1, 0.15) is 10.8 Å². The van der Waals surface area contributed by atoms with Gasteiger partial charge in [-0.25, -0.2) is 13.4 Å². The van der Waals surface area contributed by atoms with E-state index in [1.165, 1.54) is 11.3 Å². The molecule has 102 valence electrons. The van der Waals surface area contributed by atoms with Crippen molar-refractivity contribution in [3.63, 3.8) is 0 Å². The Bertz CT molecular complexity index is 699. The predicted molar refractivity (Wildman–Crippen MR) is 78.1 cm³/mol. The average Bonchev–Trinajstić information content (AvgIpc) is 2.56. The molecule has 19 heavy (non-hydrogen) atoms. The first kappa shape index (κ1) is 14.0. The summed E-state index contributed by atoms with van der Waals surface area (Å²) < 4.78 is 24.8. The lowest BCUT2D eigenvalue weighted by Gasteiger charge is -2.07. The minimum atomic E-state index is -3.37. The number of rotatable bonds is 3. The number of hydrogen-bond donors (Lipinski definition) is 1. The van der Waals surface area contributed by atoms with Crippen molar-refractivity contribution in [2.24, 2.45) is 0 Å². The third-order valence-corrected chi connectivity index (χ3v) is 5.96. The summed E-state index contributed by atoms with van der Waals surface area (Å²) in [6.45, 7) is 5.58. The summed E-state index contributed by atoms with van der Waals surface area (Å²) >= 11 is 1.43. The van der Waals surface area contributed by atoms with E-state index in [0.29, 0.717) is 21.2 Å². The highest BCUT2D eigenvalue weighted by Crippen LogP contribution is 2.25. The predicted octanol–water partition coefficient (Wildman–Crippen LogP) is 2.62. The van der Waals surface area contributed by atoms with E-state index in [2.05, 4.69) is 4.98 Å². The molecular weight excluding hydrogens is 280 g/mol. The minimum absolute atomic E-state index is 0.0584. The maximum atomic E-state index is 12.4. The Balaban J connectivity index is 2.37. The lowest BCUT2D eigenvalue weighted by molar-refractivity contribution is 0.594. The van der Waals surface area contributed by atoms with Crippen LogP contribution < -0.4 is 5.73 Å². The quantitative estimate of drug-likeness (QED) is 0.884. The molecule has 0 amide bonds. The maximum Gasteiger partial charge on any atom is 0.185 e. The van der Waals surface area contributed by atoms with Crippen LogP contribution in [-0.4, -0.2) is 13.4 Å². The van der Waals surface area contributed by atoms with Crippen molar-refractivity contribution >= 4 is 26.9 Å². The molecule has 6 heteroatoms. The number of sulfone groups is 1. The van der Waals surface area contributed by atoms with E-state index in [9.17, 15) is 8.42 Å². The summed E-state index contributed by atoms with van der Waals surface area (Å²) in [5, 5.41) is 0.631. The third-order valence-electron chi connectivity index (χ3n) is 2.92. The Kier molecular flexibility index (Phi) is 3.64. The van der Waals surface area contributed by atoms with Gasteiger partial charge >= 0.3 is 0 Å². The fourth-order valence-corrected chi connectivity index (χ4v) is 4.66. The number of anilines is 1. The lowest BCUT2D eigenvalue weighted by atomic mass is 10.2. The van der Waals surface area contributed by atoms with E-state index >= 15 is 0 Å². The molecular formula is C13H16N2O2S2. The van der Waals surface area contributed by atoms with Crippen molar-refractivity contribution in [2.75, 3.05) is 5.73 Å². The van der Waals surface area contributed by atoms with Gasteiger partial charge in [0, 0.05) is 10.6 Å². The standard InChI is InChI=1S/C13H16N2O2S2/c1-8-6-11(14)4-5-12(8)19(16,17)7-13-15-9(2)10(3)18-13/h4-6H,7,14H2,1-3H3. The molecule has 0 unspecified atom stereocenters. The largest absolute Gasteiger partial charge is 0.399 e. The average molecular weight is 296 g/mol. The Morgan fingerprint density at radius 2 is 1.95 bits per heavy atom. The SMILES string of the molecule is Cc1cc(N)ccc1S(=O)(=O)Cc1nc(C)c(C)s1. The number of hydrogen-bond acceptors (Lipinski definition) is 5. The summed E-state index contributed by atoms with van der Waals surface area (Å²) in [6, 6.07) is 4.84. The van der Waals surface area contributed by atoms with Crippen LogP contribution in [0, 0.1) is 20.8 Å². The van der Waals surface area contributed by atoms with Crippen molar-refractivity contribution in [3.05, 3.63) is 39.3 Å². The summed E-state index contributed by atoms with van der Waals surface area (Å²) in [6.07, 6.45) is 0. The van der Waals surface area contributed by atoms with Crippen LogP contribution in [0.4, 0.5) is 5.69 Å². The number of aryl methyl sites for hydroxylation is 3. The molecule has 0 atom stereocenters. The normalized spacial score (nSPS) is 11.7. The second-order valence-electron chi connectivity index (χ2n) is 4.53. The van der Waals surface area contributed by atoms with Crippen LogP contribution in [-0.2, 0) is 15.6 Å². The third kappa shape index (κ3) is 2.96. The topological polar surface area (TPSA) is 73.1 Å². The van der Waals surface area contributed by atoms with Gasteiger partial charge in [-0.1, -0.05) is 0 Å². The van der Waals surface area contributed by atoms with Crippen molar-refractivity contribution in [1.82, 2.24) is 4.98 Å². The van der Waals surface area contributed by atoms with Crippen LogP contribution in [0.1, 0.15) is 21.1 Å². The molecule has 0 saturated heterocycles. The lowest BCUT2D eigenvalue weighted by Crippen LogP contribution is -2.07. The van der Waals surface area contributed by atoms with Crippen molar-refractivity contribution in [1.29, 1.82) is 0 Å². The number of benzene rings is 1. The van der Waals surface area contributed by atoms with E-state index in [1.54, 1.807) is 25.1 Å². The van der Waals surface area contributed by atoms with E-state index in [1.807, 2.05) is 13.8 Å². The van der Waals surface area contributed by atoms with Gasteiger partial charge in [-0.2, -0.15) is 0 Å². The highest BCUT2D eigenvalue weighted by Gasteiger charge is 2.20. The Morgan fingerprint density at radius 3 is 2.47 bits per heavy atom. The van der Waals surface area contributed by atoms with Gasteiger partial charge in [0.05, 0.1) is 10.6 Å². The van der Waals surface area contributed by atoms with Crippen molar-refractivity contribution in [2.45, 2.75) is 31.4 Å². The molecule has 1 aromatic heterocycles. The van der Waals surface area contributed by atoms with Gasteiger partial charge < -0.3 is 5.73 Å². The van der Waals surface area contributed by atoms with Crippen molar-refractivity contribution < 1.29 is 8.42 Å². The smallest absolute Gasteiger partial charge is 0.185 e. The van der Waals surface area contributed by atoms with Gasteiger partial charge in [-0.05, 0) is 44.5 Å². The van der Waals surface area contributed by atoms with Crippen LogP contribution >= 0.6 is 11.3 Å². The maximum absolute atomic E-state index is 12.4. The van der Waals surface area contributed by atoms with Crippen LogP contribution in [0.5, 0.6) is 0 Å². The number of nitrogen functional groups attached to an aromatic ring is 1. The van der Waals surface area contributed by atoms with Crippen molar-refractivity contribution in [3.8, 4) is 0 Å². The fraction of sp³-hybridized carbons (Fsp3) is 0.308. The zero-order valence-corrected chi connectivity index (χ0v) is 12.7. The summed E-state index contributed by atoms with van der Waals surface area (Å²) in [5.74, 6) is -0.0584. The number of thiazole rings is 1. The fourth-order valence-electron chi connectivity index (χ4n) is 1.86. The first-order valence-corrected chi connectivity index (χ1v) is 8.28. The second-order valence-corrected chi connectivity index (χ2v) is 7.78. The van der Waals surface area contributed by atoms with Gasteiger partial charge in [-0.3, -0.25) is 0 Å². The molecule has 0 spiro atoms. The molecule has 2 N–H and O–H groups in total. The molecule has 0 saturated carbocycles. The first-order valence-electron chi connectivity index (χ1n) is 5.81. The summed E-state index contributed by atoms with van der Waals surface area (Å²) in [5.41, 5.74) is 7.77. The highest BCUT2D eigenvalue weighted by atomic mass is 32.2. The molecule has 0 aliphatic carbocycles. The van der Waals surface area contributed by atoms with Crippen LogP contribution in [0.25, 0.3) is 0 Å². The zero-order valence-electron chi connectivity index (χ0n) is 11.1. The molecule has 4 nitrogen and oxygen atoms in total. The van der Waals surface area contributed by atoms with E-state index < -0.39 is 9.84 Å². The van der Waals surface area contributed by atoms with Crippen LogP contribution in [0.2, 0.25) is 0 Å². The Hall–Kier alpha value is -1.40. The van der Waals surface area contributed by atoms with Gasteiger partial charge in [-0.15, -0.1) is 11.3 Å². The number of aromatic nitrogens is 1. The number of nitrogens with zero attached hydrogens (tertiary/aromatic N) is 1. The summed E-state index contributed by atoms with van der Waals surface area (Å²) in [4.78, 5) is 5.66. The van der Waals surface area contributed by atoms with Crippen LogP contribution in [0.15, 0.2) is 23.1 Å². The number of nitrogens with two attached hydrogens (primary N) is 1. The first-order chi connectivity index (χ1) is 8.79. The molecule has 0 bridgehead atoms. The molecule has 1 heterocycles. The Morgan fingerprint density at radius 1 is 1.26 bits per heavy atom. The molecule has 1 aromatic carbocycles. The molecule has 0 radical (unpaired) electrons. The van der Waals surface area contributed by atoms with E-state index in [0.717, 1.165) is 10.6 Å². The Labute approximate surface area is 117 Å².